The molecule has 0 amide bonds. The fourth-order valence-corrected chi connectivity index (χ4v) is 2.89. The van der Waals surface area contributed by atoms with Crippen molar-refractivity contribution in [2.45, 2.75) is 38.3 Å². The standard InChI is InChI=1S/C10H17NO2/c1-7(2)11-6-8-4-10(11,5-8)9(12)13-3/h7-8H,4-6H2,1-3H3. The van der Waals surface area contributed by atoms with Gasteiger partial charge in [-0.05, 0) is 32.6 Å². The first-order valence-electron chi connectivity index (χ1n) is 4.95. The molecule has 2 saturated heterocycles. The Morgan fingerprint density at radius 1 is 1.54 bits per heavy atom. The van der Waals surface area contributed by atoms with Gasteiger partial charge in [-0.25, -0.2) is 0 Å². The molecule has 13 heavy (non-hydrogen) atoms. The maximum Gasteiger partial charge on any atom is 0.326 e. The summed E-state index contributed by atoms with van der Waals surface area (Å²) >= 11 is 0. The average Bonchev–Trinajstić information content (AvgIpc) is 2.55. The summed E-state index contributed by atoms with van der Waals surface area (Å²) in [4.78, 5) is 13.9. The molecule has 2 bridgehead atoms. The second-order valence-corrected chi connectivity index (χ2v) is 4.54. The molecule has 0 aromatic carbocycles. The Balaban J connectivity index is 2.18. The van der Waals surface area contributed by atoms with Crippen LogP contribution in [0.15, 0.2) is 0 Å². The van der Waals surface area contributed by atoms with E-state index in [4.69, 9.17) is 4.74 Å². The van der Waals surface area contributed by atoms with Crippen molar-refractivity contribution in [2.75, 3.05) is 13.7 Å². The van der Waals surface area contributed by atoms with Crippen molar-refractivity contribution in [1.82, 2.24) is 4.90 Å². The molecule has 0 N–H and O–H groups in total. The molecule has 0 unspecified atom stereocenters. The van der Waals surface area contributed by atoms with E-state index in [0.717, 1.165) is 25.3 Å². The number of fused-ring (bicyclic) bond motifs is 1. The van der Waals surface area contributed by atoms with Gasteiger partial charge in [0.2, 0.25) is 0 Å². The molecule has 1 saturated carbocycles. The van der Waals surface area contributed by atoms with Crippen molar-refractivity contribution in [3.05, 3.63) is 0 Å². The summed E-state index contributed by atoms with van der Waals surface area (Å²) in [5.41, 5.74) is -0.242. The number of methoxy groups -OCH3 is 1. The van der Waals surface area contributed by atoms with E-state index >= 15 is 0 Å². The predicted octanol–water partition coefficient (Wildman–Crippen LogP) is 1.03. The quantitative estimate of drug-likeness (QED) is 0.599. The summed E-state index contributed by atoms with van der Waals surface area (Å²) < 4.78 is 4.87. The first kappa shape index (κ1) is 9.00. The lowest BCUT2D eigenvalue weighted by Gasteiger charge is -2.40. The van der Waals surface area contributed by atoms with Crippen molar-refractivity contribution >= 4 is 5.97 Å². The summed E-state index contributed by atoms with van der Waals surface area (Å²) in [6.45, 7) is 5.36. The van der Waals surface area contributed by atoms with E-state index in [1.54, 1.807) is 0 Å². The molecule has 2 heterocycles. The van der Waals surface area contributed by atoms with E-state index < -0.39 is 0 Å². The summed E-state index contributed by atoms with van der Waals surface area (Å²) in [7, 11) is 1.49. The summed E-state index contributed by atoms with van der Waals surface area (Å²) in [6.07, 6.45) is 2.02. The second-order valence-electron chi connectivity index (χ2n) is 4.54. The fraction of sp³-hybridized carbons (Fsp3) is 0.900. The Labute approximate surface area is 79.0 Å². The van der Waals surface area contributed by atoms with Crippen LogP contribution in [0.1, 0.15) is 26.7 Å². The largest absolute Gasteiger partial charge is 0.468 e. The zero-order valence-corrected chi connectivity index (χ0v) is 8.54. The van der Waals surface area contributed by atoms with Crippen molar-refractivity contribution in [2.24, 2.45) is 5.92 Å². The molecule has 3 heteroatoms. The van der Waals surface area contributed by atoms with Crippen molar-refractivity contribution in [1.29, 1.82) is 0 Å². The van der Waals surface area contributed by atoms with Gasteiger partial charge in [0.15, 0.2) is 0 Å². The number of rotatable bonds is 2. The number of hydrogen-bond donors (Lipinski definition) is 0. The number of carbonyl (C=O) groups excluding carboxylic acids is 1. The lowest BCUT2D eigenvalue weighted by molar-refractivity contribution is -0.157. The van der Waals surface area contributed by atoms with E-state index in [1.807, 2.05) is 0 Å². The van der Waals surface area contributed by atoms with Crippen LogP contribution in [0.4, 0.5) is 0 Å². The normalized spacial score (nSPS) is 37.7. The Morgan fingerprint density at radius 3 is 2.62 bits per heavy atom. The SMILES string of the molecule is COC(=O)C12CC(CN1C(C)C)C2. The molecule has 0 aromatic rings. The van der Waals surface area contributed by atoms with Gasteiger partial charge in [0.05, 0.1) is 7.11 Å². The zero-order valence-electron chi connectivity index (χ0n) is 8.54. The van der Waals surface area contributed by atoms with E-state index in [-0.39, 0.29) is 11.5 Å². The molecule has 3 nitrogen and oxygen atoms in total. The van der Waals surface area contributed by atoms with Crippen LogP contribution in [0.2, 0.25) is 0 Å². The predicted molar refractivity (Wildman–Crippen MR) is 49.3 cm³/mol. The number of ether oxygens (including phenoxy) is 1. The van der Waals surface area contributed by atoms with Gasteiger partial charge in [-0.1, -0.05) is 0 Å². The molecule has 0 aromatic heterocycles. The molecule has 3 fully saturated rings. The third kappa shape index (κ3) is 1.03. The highest BCUT2D eigenvalue weighted by atomic mass is 16.5. The smallest absolute Gasteiger partial charge is 0.326 e. The van der Waals surface area contributed by atoms with Gasteiger partial charge >= 0.3 is 5.97 Å². The number of nitrogens with zero attached hydrogens (tertiary/aromatic N) is 1. The molecule has 1 aliphatic carbocycles. The Kier molecular flexibility index (Phi) is 1.88. The topological polar surface area (TPSA) is 29.5 Å². The molecular weight excluding hydrogens is 166 g/mol. The monoisotopic (exact) mass is 183 g/mol. The minimum absolute atomic E-state index is 0.0325. The van der Waals surface area contributed by atoms with Crippen LogP contribution in [0.25, 0.3) is 0 Å². The van der Waals surface area contributed by atoms with Gasteiger partial charge in [0.1, 0.15) is 5.54 Å². The van der Waals surface area contributed by atoms with Gasteiger partial charge in [-0.15, -0.1) is 0 Å². The van der Waals surface area contributed by atoms with E-state index in [1.165, 1.54) is 7.11 Å². The molecule has 0 radical (unpaired) electrons. The molecule has 0 spiro atoms. The van der Waals surface area contributed by atoms with Crippen molar-refractivity contribution in [3.8, 4) is 0 Å². The number of esters is 1. The molecule has 0 atom stereocenters. The van der Waals surface area contributed by atoms with Crippen LogP contribution in [0.3, 0.4) is 0 Å². The minimum Gasteiger partial charge on any atom is -0.468 e. The van der Waals surface area contributed by atoms with Crippen LogP contribution < -0.4 is 0 Å². The zero-order chi connectivity index (χ0) is 9.64. The van der Waals surface area contributed by atoms with Gasteiger partial charge in [-0.2, -0.15) is 0 Å². The van der Waals surface area contributed by atoms with Crippen molar-refractivity contribution in [3.63, 3.8) is 0 Å². The van der Waals surface area contributed by atoms with Crippen LogP contribution in [0, 0.1) is 5.92 Å². The highest BCUT2D eigenvalue weighted by Crippen LogP contribution is 2.51. The molecule has 74 valence electrons. The Bertz CT molecular complexity index is 231. The third-order valence-electron chi connectivity index (χ3n) is 3.45. The third-order valence-corrected chi connectivity index (χ3v) is 3.45. The summed E-state index contributed by atoms with van der Waals surface area (Å²) in [5, 5.41) is 0. The fourth-order valence-electron chi connectivity index (χ4n) is 2.89. The summed E-state index contributed by atoms with van der Waals surface area (Å²) in [6, 6.07) is 0.451. The average molecular weight is 183 g/mol. The van der Waals surface area contributed by atoms with Crippen LogP contribution >= 0.6 is 0 Å². The summed E-state index contributed by atoms with van der Waals surface area (Å²) in [5.74, 6) is 0.705. The highest BCUT2D eigenvalue weighted by Gasteiger charge is 2.62. The van der Waals surface area contributed by atoms with Gasteiger partial charge in [-0.3, -0.25) is 9.69 Å². The number of hydrogen-bond acceptors (Lipinski definition) is 3. The first-order chi connectivity index (χ1) is 6.10. The van der Waals surface area contributed by atoms with Crippen LogP contribution in [-0.4, -0.2) is 36.1 Å². The lowest BCUT2D eigenvalue weighted by atomic mass is 9.73. The minimum atomic E-state index is -0.242. The maximum absolute atomic E-state index is 11.6. The Morgan fingerprint density at radius 2 is 2.15 bits per heavy atom. The molecule has 3 aliphatic rings. The van der Waals surface area contributed by atoms with E-state index in [0.29, 0.717) is 6.04 Å². The molecule has 2 aliphatic heterocycles. The lowest BCUT2D eigenvalue weighted by Crippen LogP contribution is -2.55. The molecular formula is C10H17NO2. The van der Waals surface area contributed by atoms with E-state index in [2.05, 4.69) is 18.7 Å². The first-order valence-corrected chi connectivity index (χ1v) is 4.95. The Hall–Kier alpha value is -0.570. The van der Waals surface area contributed by atoms with Gasteiger partial charge < -0.3 is 4.74 Å². The van der Waals surface area contributed by atoms with Crippen molar-refractivity contribution < 1.29 is 9.53 Å². The van der Waals surface area contributed by atoms with Crippen LogP contribution in [-0.2, 0) is 9.53 Å². The maximum atomic E-state index is 11.6. The number of carbonyl (C=O) groups is 1. The van der Waals surface area contributed by atoms with E-state index in [9.17, 15) is 4.79 Å². The van der Waals surface area contributed by atoms with Gasteiger partial charge in [0, 0.05) is 12.6 Å². The second kappa shape index (κ2) is 2.71. The highest BCUT2D eigenvalue weighted by molar-refractivity contribution is 5.83. The molecule has 3 rings (SSSR count). The van der Waals surface area contributed by atoms with Crippen LogP contribution in [0.5, 0.6) is 0 Å². The van der Waals surface area contributed by atoms with Gasteiger partial charge in [0.25, 0.3) is 0 Å².